The van der Waals surface area contributed by atoms with E-state index < -0.39 is 0 Å². The maximum Gasteiger partial charge on any atom is 0.338 e. The third kappa shape index (κ3) is 2.58. The largest absolute Gasteiger partial charge is 0.462 e. The third-order valence-electron chi connectivity index (χ3n) is 2.21. The topological polar surface area (TPSA) is 26.3 Å². The molecule has 0 heterocycles. The van der Waals surface area contributed by atoms with Gasteiger partial charge >= 0.3 is 5.97 Å². The predicted molar refractivity (Wildman–Crippen MR) is 57.1 cm³/mol. The number of rotatable bonds is 3. The Labute approximate surface area is 91.4 Å². The van der Waals surface area contributed by atoms with E-state index in [0.29, 0.717) is 18.1 Å². The highest BCUT2D eigenvalue weighted by Crippen LogP contribution is 2.29. The molecule has 1 aliphatic carbocycles. The average Bonchev–Trinajstić information content (AvgIpc) is 2.97. The predicted octanol–water partition coefficient (Wildman–Crippen LogP) is 3.02. The van der Waals surface area contributed by atoms with E-state index in [1.165, 1.54) is 12.8 Å². The zero-order valence-electron chi connectivity index (χ0n) is 7.70. The van der Waals surface area contributed by atoms with E-state index in [1.807, 2.05) is 12.1 Å². The Bertz CT molecular complexity index is 345. The minimum Gasteiger partial charge on any atom is -0.462 e. The van der Waals surface area contributed by atoms with E-state index >= 15 is 0 Å². The number of hydrogen-bond acceptors (Lipinski definition) is 2. The highest BCUT2D eigenvalue weighted by atomic mass is 79.9. The van der Waals surface area contributed by atoms with Crippen molar-refractivity contribution in [3.05, 3.63) is 34.3 Å². The summed E-state index contributed by atoms with van der Waals surface area (Å²) in [7, 11) is 0. The molecule has 14 heavy (non-hydrogen) atoms. The molecule has 0 aromatic heterocycles. The van der Waals surface area contributed by atoms with Crippen molar-refractivity contribution in [3.63, 3.8) is 0 Å². The summed E-state index contributed by atoms with van der Waals surface area (Å²) in [5.74, 6) is 0.393. The lowest BCUT2D eigenvalue weighted by molar-refractivity contribution is 0.0486. The third-order valence-corrected chi connectivity index (χ3v) is 2.70. The van der Waals surface area contributed by atoms with Crippen molar-refractivity contribution in [1.29, 1.82) is 0 Å². The first-order valence-corrected chi connectivity index (χ1v) is 5.48. The Hall–Kier alpha value is -0.830. The Kier molecular flexibility index (Phi) is 2.87. The van der Waals surface area contributed by atoms with E-state index in [4.69, 9.17) is 4.74 Å². The number of halogens is 1. The first-order chi connectivity index (χ1) is 6.75. The molecular weight excluding hydrogens is 244 g/mol. The molecule has 1 saturated carbocycles. The first-order valence-electron chi connectivity index (χ1n) is 4.68. The smallest absolute Gasteiger partial charge is 0.338 e. The summed E-state index contributed by atoms with van der Waals surface area (Å²) in [6, 6.07) is 7.25. The SMILES string of the molecule is O=C(OCC1CC1)c1cccc(Br)c1. The van der Waals surface area contributed by atoms with Crippen molar-refractivity contribution in [3.8, 4) is 0 Å². The van der Waals surface area contributed by atoms with Crippen molar-refractivity contribution in [2.75, 3.05) is 6.61 Å². The van der Waals surface area contributed by atoms with Crippen molar-refractivity contribution >= 4 is 21.9 Å². The van der Waals surface area contributed by atoms with Crippen LogP contribution < -0.4 is 0 Å². The van der Waals surface area contributed by atoms with Crippen LogP contribution in [0.3, 0.4) is 0 Å². The van der Waals surface area contributed by atoms with E-state index in [1.54, 1.807) is 12.1 Å². The van der Waals surface area contributed by atoms with Crippen LogP contribution in [-0.4, -0.2) is 12.6 Å². The van der Waals surface area contributed by atoms with Gasteiger partial charge in [0.2, 0.25) is 0 Å². The normalized spacial score (nSPS) is 15.2. The monoisotopic (exact) mass is 254 g/mol. The zero-order chi connectivity index (χ0) is 9.97. The van der Waals surface area contributed by atoms with Crippen LogP contribution in [0.2, 0.25) is 0 Å². The number of carbonyl (C=O) groups excluding carboxylic acids is 1. The van der Waals surface area contributed by atoms with Crippen LogP contribution in [0.4, 0.5) is 0 Å². The van der Waals surface area contributed by atoms with Gasteiger partial charge in [-0.25, -0.2) is 4.79 Å². The molecule has 0 unspecified atom stereocenters. The molecule has 0 amide bonds. The fourth-order valence-electron chi connectivity index (χ4n) is 1.18. The molecule has 0 atom stereocenters. The van der Waals surface area contributed by atoms with Gasteiger partial charge in [0.05, 0.1) is 12.2 Å². The molecule has 0 saturated heterocycles. The van der Waals surface area contributed by atoms with Crippen LogP contribution >= 0.6 is 15.9 Å². The van der Waals surface area contributed by atoms with Gasteiger partial charge in [-0.2, -0.15) is 0 Å². The quantitative estimate of drug-likeness (QED) is 0.776. The number of hydrogen-bond donors (Lipinski definition) is 0. The molecule has 2 nitrogen and oxygen atoms in total. The summed E-state index contributed by atoms with van der Waals surface area (Å²) in [6.07, 6.45) is 2.40. The van der Waals surface area contributed by atoms with E-state index in [2.05, 4.69) is 15.9 Å². The van der Waals surface area contributed by atoms with Gasteiger partial charge in [0.25, 0.3) is 0 Å². The fraction of sp³-hybridized carbons (Fsp3) is 0.364. The standard InChI is InChI=1S/C11H11BrO2/c12-10-3-1-2-9(6-10)11(13)14-7-8-4-5-8/h1-3,6,8H,4-5,7H2. The maximum absolute atomic E-state index is 11.5. The molecule has 2 rings (SSSR count). The summed E-state index contributed by atoms with van der Waals surface area (Å²) < 4.78 is 6.05. The molecule has 1 aromatic rings. The highest BCUT2D eigenvalue weighted by Gasteiger charge is 2.23. The van der Waals surface area contributed by atoms with Crippen molar-refractivity contribution in [2.45, 2.75) is 12.8 Å². The summed E-state index contributed by atoms with van der Waals surface area (Å²) in [4.78, 5) is 11.5. The minimum atomic E-state index is -0.224. The summed E-state index contributed by atoms with van der Waals surface area (Å²) >= 11 is 3.32. The number of ether oxygens (including phenoxy) is 1. The van der Waals surface area contributed by atoms with Gasteiger partial charge < -0.3 is 4.74 Å². The molecule has 1 aromatic carbocycles. The van der Waals surface area contributed by atoms with E-state index in [0.717, 1.165) is 4.47 Å². The average molecular weight is 255 g/mol. The van der Waals surface area contributed by atoms with Crippen LogP contribution in [0.5, 0.6) is 0 Å². The zero-order valence-corrected chi connectivity index (χ0v) is 9.29. The number of benzene rings is 1. The molecule has 3 heteroatoms. The van der Waals surface area contributed by atoms with Crippen LogP contribution in [0.15, 0.2) is 28.7 Å². The van der Waals surface area contributed by atoms with E-state index in [-0.39, 0.29) is 5.97 Å². The Morgan fingerprint density at radius 2 is 2.29 bits per heavy atom. The molecule has 74 valence electrons. The molecule has 0 aliphatic heterocycles. The van der Waals surface area contributed by atoms with Crippen LogP contribution in [0.25, 0.3) is 0 Å². The minimum absolute atomic E-state index is 0.224. The van der Waals surface area contributed by atoms with Gasteiger partial charge in [0.1, 0.15) is 0 Å². The molecule has 0 spiro atoms. The second kappa shape index (κ2) is 4.13. The van der Waals surface area contributed by atoms with Gasteiger partial charge in [0.15, 0.2) is 0 Å². The maximum atomic E-state index is 11.5. The first kappa shape index (κ1) is 9.71. The number of carbonyl (C=O) groups is 1. The van der Waals surface area contributed by atoms with Crippen molar-refractivity contribution in [2.24, 2.45) is 5.92 Å². The summed E-state index contributed by atoms with van der Waals surface area (Å²) in [6.45, 7) is 0.575. The molecule has 1 fully saturated rings. The van der Waals surface area contributed by atoms with Gasteiger partial charge in [-0.3, -0.25) is 0 Å². The Balaban J connectivity index is 1.95. The molecule has 0 radical (unpaired) electrons. The van der Waals surface area contributed by atoms with Gasteiger partial charge in [-0.05, 0) is 37.0 Å². The molecule has 0 N–H and O–H groups in total. The van der Waals surface area contributed by atoms with Crippen molar-refractivity contribution in [1.82, 2.24) is 0 Å². The van der Waals surface area contributed by atoms with Crippen LogP contribution in [-0.2, 0) is 4.74 Å². The van der Waals surface area contributed by atoms with Crippen molar-refractivity contribution < 1.29 is 9.53 Å². The lowest BCUT2D eigenvalue weighted by Gasteiger charge is -2.03. The lowest BCUT2D eigenvalue weighted by Crippen LogP contribution is -2.07. The number of esters is 1. The summed E-state index contributed by atoms with van der Waals surface area (Å²) in [5, 5.41) is 0. The Morgan fingerprint density at radius 3 is 2.93 bits per heavy atom. The molecular formula is C11H11BrO2. The molecule has 1 aliphatic rings. The highest BCUT2D eigenvalue weighted by molar-refractivity contribution is 9.10. The van der Waals surface area contributed by atoms with Gasteiger partial charge in [-0.1, -0.05) is 22.0 Å². The van der Waals surface area contributed by atoms with Crippen LogP contribution in [0, 0.1) is 5.92 Å². The van der Waals surface area contributed by atoms with Gasteiger partial charge in [0, 0.05) is 4.47 Å². The van der Waals surface area contributed by atoms with Crippen LogP contribution in [0.1, 0.15) is 23.2 Å². The van der Waals surface area contributed by atoms with Gasteiger partial charge in [-0.15, -0.1) is 0 Å². The fourth-order valence-corrected chi connectivity index (χ4v) is 1.58. The van der Waals surface area contributed by atoms with E-state index in [9.17, 15) is 4.79 Å². The lowest BCUT2D eigenvalue weighted by atomic mass is 10.2. The summed E-state index contributed by atoms with van der Waals surface area (Å²) in [5.41, 5.74) is 0.611. The molecule has 0 bridgehead atoms. The second-order valence-electron chi connectivity index (χ2n) is 3.55. The second-order valence-corrected chi connectivity index (χ2v) is 4.47. The Morgan fingerprint density at radius 1 is 1.50 bits per heavy atom.